The number of carbonyl (C=O) groups is 3. The second-order valence-corrected chi connectivity index (χ2v) is 16.6. The fourth-order valence-electron chi connectivity index (χ4n) is 8.18. The van der Waals surface area contributed by atoms with Gasteiger partial charge in [0.2, 0.25) is 0 Å². The molecule has 0 saturated carbocycles. The summed E-state index contributed by atoms with van der Waals surface area (Å²) in [7, 11) is 3.17. The summed E-state index contributed by atoms with van der Waals surface area (Å²) < 4.78 is 30.2. The molecule has 6 rings (SSSR count). The lowest BCUT2D eigenvalue weighted by molar-refractivity contribution is -0.159. The van der Waals surface area contributed by atoms with Gasteiger partial charge in [-0.3, -0.25) is 19.2 Å². The Labute approximate surface area is 356 Å². The highest BCUT2D eigenvalue weighted by atomic mass is 16.6. The molecule has 0 unspecified atom stereocenters. The number of carbonyl (C=O) groups excluding carboxylic acids is 3. The molecule has 2 aromatic carbocycles. The zero-order chi connectivity index (χ0) is 44.2. The van der Waals surface area contributed by atoms with Crippen LogP contribution < -0.4 is 25.9 Å². The van der Waals surface area contributed by atoms with Crippen LogP contribution in [0.2, 0.25) is 0 Å². The molecule has 4 heterocycles. The van der Waals surface area contributed by atoms with Crippen molar-refractivity contribution in [3.63, 3.8) is 0 Å². The molecule has 332 valence electrons. The summed E-state index contributed by atoms with van der Waals surface area (Å²) in [6.07, 6.45) is 7.38. The third-order valence-corrected chi connectivity index (χ3v) is 11.5. The van der Waals surface area contributed by atoms with Crippen molar-refractivity contribution in [2.45, 2.75) is 105 Å². The van der Waals surface area contributed by atoms with Crippen LogP contribution in [0, 0.1) is 10.8 Å². The van der Waals surface area contributed by atoms with Crippen LogP contribution in [0.5, 0.6) is 11.5 Å². The lowest BCUT2D eigenvalue weighted by Gasteiger charge is -2.40. The molecule has 1 amide bonds. The maximum absolute atomic E-state index is 13.0. The number of aryl methyl sites for hydroxylation is 2. The minimum Gasteiger partial charge on any atom is -0.497 e. The van der Waals surface area contributed by atoms with Gasteiger partial charge in [-0.15, -0.1) is 0 Å². The van der Waals surface area contributed by atoms with Crippen LogP contribution in [-0.4, -0.2) is 101 Å². The largest absolute Gasteiger partial charge is 0.497 e. The highest BCUT2D eigenvalue weighted by Gasteiger charge is 2.44. The van der Waals surface area contributed by atoms with E-state index in [1.54, 1.807) is 47.3 Å². The Morgan fingerprint density at radius 2 is 1.15 bits per heavy atom. The molecule has 0 bridgehead atoms. The minimum absolute atomic E-state index is 0.111. The van der Waals surface area contributed by atoms with Crippen molar-refractivity contribution in [2.75, 3.05) is 53.6 Å². The summed E-state index contributed by atoms with van der Waals surface area (Å²) in [6.45, 7) is 13.2. The van der Waals surface area contributed by atoms with E-state index in [9.17, 15) is 24.0 Å². The molecule has 2 aliphatic rings. The smallest absolute Gasteiger partial charge is 0.410 e. The molecule has 2 fully saturated rings. The van der Waals surface area contributed by atoms with Crippen LogP contribution in [-0.2, 0) is 36.9 Å². The number of methoxy groups -OCH3 is 2. The van der Waals surface area contributed by atoms with Crippen molar-refractivity contribution in [2.24, 2.45) is 10.8 Å². The van der Waals surface area contributed by atoms with Crippen LogP contribution in [0.4, 0.5) is 4.79 Å². The molecule has 2 aliphatic heterocycles. The summed E-state index contributed by atoms with van der Waals surface area (Å²) >= 11 is 0. The molecule has 0 atom stereocenters. The fourth-order valence-corrected chi connectivity index (χ4v) is 8.18. The first-order valence-electron chi connectivity index (χ1n) is 21.3. The van der Waals surface area contributed by atoms with E-state index in [1.165, 1.54) is 12.4 Å². The van der Waals surface area contributed by atoms with Crippen LogP contribution in [0.15, 0.2) is 58.4 Å². The Kier molecular flexibility index (Phi) is 15.9. The van der Waals surface area contributed by atoms with Crippen LogP contribution in [0.25, 0.3) is 22.1 Å². The molecule has 0 aliphatic carbocycles. The Hall–Kier alpha value is -5.51. The number of nitrogens with zero attached hydrogens (tertiary/aromatic N) is 5. The number of ether oxygens (including phenoxy) is 5. The zero-order valence-electron chi connectivity index (χ0n) is 36.8. The van der Waals surface area contributed by atoms with Gasteiger partial charge in [0.1, 0.15) is 17.1 Å². The summed E-state index contributed by atoms with van der Waals surface area (Å²) in [5.41, 5.74) is 0.815. The monoisotopic (exact) mass is 846 g/mol. The second kappa shape index (κ2) is 20.8. The van der Waals surface area contributed by atoms with E-state index < -0.39 is 16.4 Å². The molecule has 2 saturated heterocycles. The topological polar surface area (TPSA) is 182 Å². The van der Waals surface area contributed by atoms with Gasteiger partial charge in [-0.05, 0) is 123 Å². The molecule has 16 nitrogen and oxygen atoms in total. The van der Waals surface area contributed by atoms with E-state index in [-0.39, 0.29) is 29.2 Å². The molecule has 61 heavy (non-hydrogen) atoms. The highest BCUT2D eigenvalue weighted by molar-refractivity contribution is 5.79. The lowest BCUT2D eigenvalue weighted by atomic mass is 9.74. The van der Waals surface area contributed by atoms with Gasteiger partial charge < -0.3 is 43.0 Å². The Morgan fingerprint density at radius 3 is 1.56 bits per heavy atom. The lowest BCUT2D eigenvalue weighted by Crippen LogP contribution is -2.48. The summed E-state index contributed by atoms with van der Waals surface area (Å²) in [6, 6.07) is 10.9. The van der Waals surface area contributed by atoms with E-state index in [1.807, 2.05) is 52.0 Å². The van der Waals surface area contributed by atoms with Gasteiger partial charge in [-0.25, -0.2) is 14.8 Å². The Balaban J connectivity index is 0.000000237. The van der Waals surface area contributed by atoms with Crippen LogP contribution >= 0.6 is 0 Å². The number of aromatic nitrogens is 4. The number of piperidine rings is 2. The van der Waals surface area contributed by atoms with Gasteiger partial charge in [0.15, 0.2) is 0 Å². The quantitative estimate of drug-likeness (QED) is 0.117. The number of nitrogens with one attached hydrogen (secondary N) is 1. The third-order valence-electron chi connectivity index (χ3n) is 11.5. The number of likely N-dealkylation sites (tertiary alicyclic amines) is 1. The summed E-state index contributed by atoms with van der Waals surface area (Å²) in [5.74, 6) is 0.976. The first-order chi connectivity index (χ1) is 29.2. The molecule has 0 radical (unpaired) electrons. The molecule has 2 aromatic heterocycles. The number of rotatable bonds is 14. The number of fused-ring (bicyclic) bond motifs is 2. The van der Waals surface area contributed by atoms with Gasteiger partial charge in [-0.2, -0.15) is 0 Å². The molecular formula is C45H62N6O10. The second-order valence-electron chi connectivity index (χ2n) is 16.6. The summed E-state index contributed by atoms with van der Waals surface area (Å²) in [4.78, 5) is 73.1. The van der Waals surface area contributed by atoms with Crippen molar-refractivity contribution in [1.82, 2.24) is 29.3 Å². The van der Waals surface area contributed by atoms with Gasteiger partial charge in [0.05, 0.1) is 72.7 Å². The number of benzene rings is 2. The Bertz CT molecular complexity index is 2250. The van der Waals surface area contributed by atoms with E-state index in [2.05, 4.69) is 15.3 Å². The van der Waals surface area contributed by atoms with Gasteiger partial charge in [-0.1, -0.05) is 0 Å². The third kappa shape index (κ3) is 11.7. The first-order valence-corrected chi connectivity index (χ1v) is 21.3. The van der Waals surface area contributed by atoms with Crippen molar-refractivity contribution in [3.8, 4) is 11.5 Å². The number of amides is 1. The predicted octanol–water partition coefficient (Wildman–Crippen LogP) is 5.88. The van der Waals surface area contributed by atoms with Gasteiger partial charge >= 0.3 is 18.0 Å². The van der Waals surface area contributed by atoms with Crippen molar-refractivity contribution < 1.29 is 38.1 Å². The maximum atomic E-state index is 13.0. The maximum Gasteiger partial charge on any atom is 0.410 e. The molecule has 16 heteroatoms. The molecule has 1 N–H and O–H groups in total. The SMILES string of the molecule is CCOC(=O)C1(CCCn2c(=O)cnc3ccc(OC)cc32)CCN(C(=O)OC(C)(C)C)CC1.CCOC(=O)C1(CCCn2c(=O)cnc3ccc(OC)cc32)CCNCC1. The van der Waals surface area contributed by atoms with Crippen LogP contribution in [0.3, 0.4) is 0 Å². The first kappa shape index (κ1) is 46.6. The molecule has 4 aromatic rings. The minimum atomic E-state index is -0.696. The predicted molar refractivity (Wildman–Crippen MR) is 231 cm³/mol. The fraction of sp³-hybridized carbons (Fsp3) is 0.578. The van der Waals surface area contributed by atoms with Gasteiger partial charge in [0, 0.05) is 38.3 Å². The van der Waals surface area contributed by atoms with E-state index in [0.29, 0.717) is 94.0 Å². The average Bonchev–Trinajstić information content (AvgIpc) is 3.25. The number of esters is 2. The van der Waals surface area contributed by atoms with E-state index >= 15 is 0 Å². The zero-order valence-corrected chi connectivity index (χ0v) is 36.8. The number of hydrogen-bond donors (Lipinski definition) is 1. The number of hydrogen-bond acceptors (Lipinski definition) is 13. The van der Waals surface area contributed by atoms with E-state index in [4.69, 9.17) is 23.7 Å². The standard InChI is InChI=1S/C25H35N3O6.C20H27N3O4/c1-6-33-22(30)25(11-14-27(15-12-25)23(31)34-24(2,3)4)10-7-13-28-20-16-18(32-5)8-9-19(20)26-17-21(28)29;1-3-27-19(25)20(8-10-21-11-9-20)7-4-12-23-17-13-15(26-2)5-6-16(17)22-14-18(23)24/h8-9,16-17H,6-7,10-15H2,1-5H3;5-6,13-14,21H,3-4,7-12H2,1-2H3. The van der Waals surface area contributed by atoms with Crippen molar-refractivity contribution in [1.29, 1.82) is 0 Å². The molecular weight excluding hydrogens is 785 g/mol. The van der Waals surface area contributed by atoms with Gasteiger partial charge in [0.25, 0.3) is 11.1 Å². The van der Waals surface area contributed by atoms with Crippen molar-refractivity contribution >= 4 is 40.1 Å². The van der Waals surface area contributed by atoms with Crippen LogP contribution in [0.1, 0.15) is 86.0 Å². The Morgan fingerprint density at radius 1 is 0.705 bits per heavy atom. The average molecular weight is 847 g/mol. The van der Waals surface area contributed by atoms with E-state index in [0.717, 1.165) is 43.4 Å². The summed E-state index contributed by atoms with van der Waals surface area (Å²) in [5, 5.41) is 3.31. The normalized spacial score (nSPS) is 16.0. The molecule has 0 spiro atoms. The van der Waals surface area contributed by atoms with Crippen molar-refractivity contribution in [3.05, 3.63) is 69.5 Å². The highest BCUT2D eigenvalue weighted by Crippen LogP contribution is 2.39.